The maximum Gasteiger partial charge on any atom is 0.237 e. The minimum atomic E-state index is -0.449. The summed E-state index contributed by atoms with van der Waals surface area (Å²) in [6.45, 7) is 5.80. The van der Waals surface area contributed by atoms with E-state index in [9.17, 15) is 4.79 Å². The first kappa shape index (κ1) is 19.7. The van der Waals surface area contributed by atoms with Crippen LogP contribution in [0.3, 0.4) is 0 Å². The Morgan fingerprint density at radius 1 is 1.22 bits per heavy atom. The van der Waals surface area contributed by atoms with Crippen LogP contribution in [0.2, 0.25) is 10.0 Å². The molecule has 3 aromatic rings. The van der Waals surface area contributed by atoms with Crippen molar-refractivity contribution in [2.24, 2.45) is 0 Å². The summed E-state index contributed by atoms with van der Waals surface area (Å²) in [7, 11) is 0. The van der Waals surface area contributed by atoms with Gasteiger partial charge in [0.2, 0.25) is 11.1 Å². The second kappa shape index (κ2) is 8.29. The normalized spacial score (nSPS) is 12.0. The predicted octanol–water partition coefficient (Wildman–Crippen LogP) is 4.71. The highest BCUT2D eigenvalue weighted by Gasteiger charge is 2.21. The molecule has 0 radical (unpaired) electrons. The third-order valence-corrected chi connectivity index (χ3v) is 5.73. The molecule has 0 spiro atoms. The van der Waals surface area contributed by atoms with Gasteiger partial charge in [-0.3, -0.25) is 4.79 Å². The van der Waals surface area contributed by atoms with Crippen molar-refractivity contribution in [3.63, 3.8) is 0 Å². The fraction of sp³-hybridized carbons (Fsp3) is 0.222. The Bertz CT molecular complexity index is 992. The van der Waals surface area contributed by atoms with Gasteiger partial charge in [0.15, 0.2) is 0 Å². The Kier molecular flexibility index (Phi) is 6.04. The number of nitrogens with zero attached hydrogens (tertiary/aromatic N) is 4. The maximum absolute atomic E-state index is 12.6. The molecule has 0 aliphatic rings. The van der Waals surface area contributed by atoms with Crippen LogP contribution in [0.15, 0.2) is 41.6 Å². The number of halogens is 2. The van der Waals surface area contributed by atoms with Crippen LogP contribution in [0, 0.1) is 13.8 Å². The average molecular weight is 422 g/mol. The van der Waals surface area contributed by atoms with Gasteiger partial charge in [-0.25, -0.2) is 0 Å². The van der Waals surface area contributed by atoms with Gasteiger partial charge in [-0.05, 0) is 55.0 Å². The van der Waals surface area contributed by atoms with Crippen LogP contribution in [-0.2, 0) is 4.79 Å². The number of hydrogen-bond acceptors (Lipinski definition) is 5. The van der Waals surface area contributed by atoms with Crippen molar-refractivity contribution in [1.29, 1.82) is 0 Å². The van der Waals surface area contributed by atoms with Crippen LogP contribution in [-0.4, -0.2) is 31.4 Å². The van der Waals surface area contributed by atoms with Gasteiger partial charge in [0.25, 0.3) is 0 Å². The van der Waals surface area contributed by atoms with Gasteiger partial charge >= 0.3 is 0 Å². The van der Waals surface area contributed by atoms with Gasteiger partial charge in [0, 0.05) is 0 Å². The molecule has 0 saturated carbocycles. The first-order valence-electron chi connectivity index (χ1n) is 8.14. The van der Waals surface area contributed by atoms with Crippen molar-refractivity contribution in [2.75, 3.05) is 5.32 Å². The van der Waals surface area contributed by atoms with E-state index in [2.05, 4.69) is 26.9 Å². The fourth-order valence-electron chi connectivity index (χ4n) is 2.49. The Morgan fingerprint density at radius 3 is 2.74 bits per heavy atom. The predicted molar refractivity (Wildman–Crippen MR) is 109 cm³/mol. The van der Waals surface area contributed by atoms with E-state index in [1.807, 2.05) is 26.0 Å². The van der Waals surface area contributed by atoms with E-state index in [1.54, 1.807) is 29.8 Å². The molecule has 3 rings (SSSR count). The highest BCUT2D eigenvalue weighted by atomic mass is 35.5. The number of aryl methyl sites for hydroxylation is 2. The smallest absolute Gasteiger partial charge is 0.237 e. The summed E-state index contributed by atoms with van der Waals surface area (Å²) in [5.41, 5.74) is 3.55. The van der Waals surface area contributed by atoms with Gasteiger partial charge in [-0.1, -0.05) is 58.7 Å². The first-order chi connectivity index (χ1) is 12.9. The summed E-state index contributed by atoms with van der Waals surface area (Å²) in [5.74, 6) is -0.223. The highest BCUT2D eigenvalue weighted by Crippen LogP contribution is 2.31. The Balaban J connectivity index is 1.77. The lowest BCUT2D eigenvalue weighted by atomic mass is 10.1. The SMILES string of the molecule is Cc1ccc(-n2nnnc2SC(C)C(=O)Nc2cccc(Cl)c2Cl)c(C)c1. The third kappa shape index (κ3) is 4.43. The molecule has 1 atom stereocenters. The average Bonchev–Trinajstić information content (AvgIpc) is 3.06. The number of amides is 1. The van der Waals surface area contributed by atoms with E-state index in [0.717, 1.165) is 16.8 Å². The van der Waals surface area contributed by atoms with Crippen molar-refractivity contribution < 1.29 is 4.79 Å². The molecule has 0 aliphatic heterocycles. The van der Waals surface area contributed by atoms with Crippen LogP contribution in [0.25, 0.3) is 5.69 Å². The minimum absolute atomic E-state index is 0.223. The van der Waals surface area contributed by atoms with Gasteiger partial charge < -0.3 is 5.32 Å². The second-order valence-electron chi connectivity index (χ2n) is 6.01. The van der Waals surface area contributed by atoms with Crippen molar-refractivity contribution in [3.8, 4) is 5.69 Å². The molecule has 27 heavy (non-hydrogen) atoms. The largest absolute Gasteiger partial charge is 0.324 e. The first-order valence-corrected chi connectivity index (χ1v) is 9.78. The zero-order valence-corrected chi connectivity index (χ0v) is 17.2. The number of hydrogen-bond donors (Lipinski definition) is 1. The Morgan fingerprint density at radius 2 is 2.00 bits per heavy atom. The maximum atomic E-state index is 12.6. The van der Waals surface area contributed by atoms with Gasteiger partial charge in [0.1, 0.15) is 0 Å². The molecule has 2 aromatic carbocycles. The third-order valence-electron chi connectivity index (χ3n) is 3.88. The monoisotopic (exact) mass is 421 g/mol. The summed E-state index contributed by atoms with van der Waals surface area (Å²) in [6.07, 6.45) is 0. The molecule has 1 unspecified atom stereocenters. The number of tetrazole rings is 1. The second-order valence-corrected chi connectivity index (χ2v) is 8.11. The van der Waals surface area contributed by atoms with Crippen LogP contribution < -0.4 is 5.32 Å². The summed E-state index contributed by atoms with van der Waals surface area (Å²) in [5, 5.41) is 15.4. The van der Waals surface area contributed by atoms with E-state index in [0.29, 0.717) is 20.9 Å². The molecule has 1 amide bonds. The Hall–Kier alpha value is -2.09. The number of aromatic nitrogens is 4. The number of anilines is 1. The number of nitrogens with one attached hydrogen (secondary N) is 1. The van der Waals surface area contributed by atoms with Crippen LogP contribution >= 0.6 is 35.0 Å². The van der Waals surface area contributed by atoms with E-state index in [4.69, 9.17) is 23.2 Å². The van der Waals surface area contributed by atoms with E-state index in [1.165, 1.54) is 11.8 Å². The summed E-state index contributed by atoms with van der Waals surface area (Å²) < 4.78 is 1.63. The van der Waals surface area contributed by atoms with Crippen molar-refractivity contribution >= 4 is 46.6 Å². The van der Waals surface area contributed by atoms with Crippen molar-refractivity contribution in [3.05, 3.63) is 57.6 Å². The van der Waals surface area contributed by atoms with Crippen molar-refractivity contribution in [2.45, 2.75) is 31.2 Å². The molecule has 0 aliphatic carbocycles. The van der Waals surface area contributed by atoms with Crippen molar-refractivity contribution in [1.82, 2.24) is 20.2 Å². The molecule has 1 aromatic heterocycles. The molecular formula is C18H17Cl2N5OS. The molecule has 9 heteroatoms. The molecule has 0 fully saturated rings. The summed E-state index contributed by atoms with van der Waals surface area (Å²) in [4.78, 5) is 12.6. The summed E-state index contributed by atoms with van der Waals surface area (Å²) in [6, 6.07) is 11.1. The number of benzene rings is 2. The molecule has 0 saturated heterocycles. The van der Waals surface area contributed by atoms with Gasteiger partial charge in [-0.15, -0.1) is 5.10 Å². The van der Waals surface area contributed by atoms with Gasteiger partial charge in [-0.2, -0.15) is 4.68 Å². The van der Waals surface area contributed by atoms with E-state index >= 15 is 0 Å². The topological polar surface area (TPSA) is 72.7 Å². The van der Waals surface area contributed by atoms with Crippen LogP contribution in [0.1, 0.15) is 18.1 Å². The molecule has 1 N–H and O–H groups in total. The van der Waals surface area contributed by atoms with Gasteiger partial charge in [0.05, 0.1) is 26.7 Å². The Labute approximate surface area is 171 Å². The number of thioether (sulfide) groups is 1. The lowest BCUT2D eigenvalue weighted by Gasteiger charge is -2.13. The van der Waals surface area contributed by atoms with Crippen LogP contribution in [0.4, 0.5) is 5.69 Å². The number of carbonyl (C=O) groups excluding carboxylic acids is 1. The molecular weight excluding hydrogens is 405 g/mol. The minimum Gasteiger partial charge on any atom is -0.324 e. The molecule has 1 heterocycles. The number of carbonyl (C=O) groups is 1. The molecule has 140 valence electrons. The summed E-state index contributed by atoms with van der Waals surface area (Å²) >= 11 is 13.4. The zero-order valence-electron chi connectivity index (χ0n) is 14.9. The quantitative estimate of drug-likeness (QED) is 0.604. The molecule has 0 bridgehead atoms. The van der Waals surface area contributed by atoms with E-state index < -0.39 is 5.25 Å². The number of rotatable bonds is 5. The zero-order chi connectivity index (χ0) is 19.6. The fourth-order valence-corrected chi connectivity index (χ4v) is 3.64. The standard InChI is InChI=1S/C18H17Cl2N5OS/c1-10-7-8-15(11(2)9-10)25-18(22-23-24-25)27-12(3)17(26)21-14-6-4-5-13(19)16(14)20/h4-9,12H,1-3H3,(H,21,26). The lowest BCUT2D eigenvalue weighted by Crippen LogP contribution is -2.23. The van der Waals surface area contributed by atoms with E-state index in [-0.39, 0.29) is 5.91 Å². The molecule has 6 nitrogen and oxygen atoms in total. The highest BCUT2D eigenvalue weighted by molar-refractivity contribution is 8.00. The van der Waals surface area contributed by atoms with Crippen LogP contribution in [0.5, 0.6) is 0 Å². The lowest BCUT2D eigenvalue weighted by molar-refractivity contribution is -0.115.